The van der Waals surface area contributed by atoms with Crippen molar-refractivity contribution >= 4 is 34.1 Å². The van der Waals surface area contributed by atoms with Crippen LogP contribution >= 0.6 is 11.6 Å². The van der Waals surface area contributed by atoms with Gasteiger partial charge in [-0.1, -0.05) is 29.8 Å². The first-order chi connectivity index (χ1) is 17.0. The molecule has 1 aliphatic heterocycles. The van der Waals surface area contributed by atoms with Gasteiger partial charge < -0.3 is 19.1 Å². The number of para-hydroxylation sites is 2. The number of carbonyl (C=O) groups excluding carboxylic acids is 1. The predicted molar refractivity (Wildman–Crippen MR) is 139 cm³/mol. The molecule has 0 spiro atoms. The van der Waals surface area contributed by atoms with E-state index in [-0.39, 0.29) is 11.7 Å². The molecular weight excluding hydrogens is 465 g/mol. The fraction of sp³-hybridized carbons (Fsp3) is 0.250. The third-order valence-electron chi connectivity index (χ3n) is 6.61. The molecule has 2 heterocycles. The van der Waals surface area contributed by atoms with E-state index in [0.29, 0.717) is 31.1 Å². The van der Waals surface area contributed by atoms with Crippen LogP contribution in [-0.2, 0) is 11.3 Å². The van der Waals surface area contributed by atoms with Crippen molar-refractivity contribution in [2.24, 2.45) is 0 Å². The lowest BCUT2D eigenvalue weighted by atomic mass is 10.1. The molecule has 1 saturated heterocycles. The quantitative estimate of drug-likeness (QED) is 0.339. The molecule has 0 atom stereocenters. The Morgan fingerprint density at radius 1 is 0.971 bits per heavy atom. The molecule has 0 N–H and O–H groups in total. The Hall–Kier alpha value is -3.51. The van der Waals surface area contributed by atoms with Gasteiger partial charge in [-0.15, -0.1) is 0 Å². The molecule has 0 bridgehead atoms. The Balaban J connectivity index is 1.30. The maximum atomic E-state index is 13.5. The Kier molecular flexibility index (Phi) is 6.64. The first-order valence-electron chi connectivity index (χ1n) is 11.7. The van der Waals surface area contributed by atoms with Crippen molar-refractivity contribution in [1.82, 2.24) is 9.47 Å². The third-order valence-corrected chi connectivity index (χ3v) is 6.85. The molecule has 5 rings (SSSR count). The molecular formula is C28H27ClFN3O2. The summed E-state index contributed by atoms with van der Waals surface area (Å²) in [6.07, 6.45) is 0.374. The summed E-state index contributed by atoms with van der Waals surface area (Å²) in [4.78, 5) is 17.3. The number of benzene rings is 3. The minimum atomic E-state index is -0.276. The molecule has 5 nitrogen and oxygen atoms in total. The Morgan fingerprint density at radius 3 is 2.46 bits per heavy atom. The van der Waals surface area contributed by atoms with Crippen molar-refractivity contribution in [3.05, 3.63) is 83.6 Å². The molecule has 1 fully saturated rings. The third kappa shape index (κ3) is 4.84. The van der Waals surface area contributed by atoms with Crippen LogP contribution in [0.2, 0.25) is 5.02 Å². The van der Waals surface area contributed by atoms with E-state index in [4.69, 9.17) is 16.3 Å². The molecule has 1 amide bonds. The molecule has 0 aliphatic carbocycles. The first kappa shape index (κ1) is 23.2. The number of amides is 1. The highest BCUT2D eigenvalue weighted by Gasteiger charge is 2.23. The summed E-state index contributed by atoms with van der Waals surface area (Å²) in [6.45, 7) is 3.37. The van der Waals surface area contributed by atoms with Gasteiger partial charge in [0.25, 0.3) is 0 Å². The van der Waals surface area contributed by atoms with Gasteiger partial charge in [0.2, 0.25) is 5.91 Å². The smallest absolute Gasteiger partial charge is 0.224 e. The fourth-order valence-corrected chi connectivity index (χ4v) is 4.95. The molecule has 1 aromatic heterocycles. The number of halogens is 2. The molecule has 180 valence electrons. The monoisotopic (exact) mass is 491 g/mol. The second-order valence-corrected chi connectivity index (χ2v) is 9.12. The van der Waals surface area contributed by atoms with Gasteiger partial charge in [0, 0.05) is 60.8 Å². The van der Waals surface area contributed by atoms with Crippen molar-refractivity contribution in [1.29, 1.82) is 0 Å². The molecule has 0 unspecified atom stereocenters. The topological polar surface area (TPSA) is 37.7 Å². The summed E-state index contributed by atoms with van der Waals surface area (Å²) >= 11 is 6.29. The molecule has 7 heteroatoms. The van der Waals surface area contributed by atoms with Crippen molar-refractivity contribution in [3.63, 3.8) is 0 Å². The van der Waals surface area contributed by atoms with Gasteiger partial charge in [-0.25, -0.2) is 4.39 Å². The molecule has 0 radical (unpaired) electrons. The summed E-state index contributed by atoms with van der Waals surface area (Å²) in [5.74, 6) is 0.694. The van der Waals surface area contributed by atoms with Crippen molar-refractivity contribution in [3.8, 4) is 17.0 Å². The molecule has 4 aromatic rings. The van der Waals surface area contributed by atoms with Gasteiger partial charge in [0.05, 0.1) is 12.8 Å². The zero-order valence-corrected chi connectivity index (χ0v) is 20.3. The summed E-state index contributed by atoms with van der Waals surface area (Å²) in [5, 5.41) is 1.67. The lowest BCUT2D eigenvalue weighted by Crippen LogP contribution is -2.49. The number of anilines is 1. The van der Waals surface area contributed by atoms with Crippen LogP contribution in [0.4, 0.5) is 10.1 Å². The van der Waals surface area contributed by atoms with Crippen molar-refractivity contribution < 1.29 is 13.9 Å². The van der Waals surface area contributed by atoms with Crippen molar-refractivity contribution in [2.75, 3.05) is 38.2 Å². The van der Waals surface area contributed by atoms with Gasteiger partial charge in [-0.3, -0.25) is 4.79 Å². The Bertz CT molecular complexity index is 1340. The van der Waals surface area contributed by atoms with E-state index in [2.05, 4.69) is 21.6 Å². The summed E-state index contributed by atoms with van der Waals surface area (Å²) in [7, 11) is 1.68. The van der Waals surface area contributed by atoms with Gasteiger partial charge in [0.1, 0.15) is 11.6 Å². The molecule has 35 heavy (non-hydrogen) atoms. The number of fused-ring (bicyclic) bond motifs is 1. The van der Waals surface area contributed by atoms with E-state index in [1.165, 1.54) is 12.1 Å². The average Bonchev–Trinajstić information content (AvgIpc) is 3.25. The maximum absolute atomic E-state index is 13.5. The number of methoxy groups -OCH3 is 1. The lowest BCUT2D eigenvalue weighted by molar-refractivity contribution is -0.131. The predicted octanol–water partition coefficient (Wildman–Crippen LogP) is 5.85. The Morgan fingerprint density at radius 2 is 1.71 bits per heavy atom. The number of rotatable bonds is 6. The first-order valence-corrected chi connectivity index (χ1v) is 12.1. The van der Waals surface area contributed by atoms with Crippen LogP contribution in [0.1, 0.15) is 6.42 Å². The SMILES string of the molecule is COc1ccccc1N1CCN(C(=O)CCn2c(-c3ccc(F)cc3)cc3ccc(Cl)cc32)CC1. The normalized spacial score (nSPS) is 13.9. The summed E-state index contributed by atoms with van der Waals surface area (Å²) in [5.41, 5.74) is 3.86. The van der Waals surface area contributed by atoms with Crippen LogP contribution in [0, 0.1) is 5.82 Å². The minimum Gasteiger partial charge on any atom is -0.495 e. The zero-order chi connectivity index (χ0) is 24.4. The van der Waals surface area contributed by atoms with Gasteiger partial charge in [-0.05, 0) is 60.2 Å². The van der Waals surface area contributed by atoms with Crippen LogP contribution in [-0.4, -0.2) is 48.7 Å². The van der Waals surface area contributed by atoms with Gasteiger partial charge in [0.15, 0.2) is 0 Å². The summed E-state index contributed by atoms with van der Waals surface area (Å²) < 4.78 is 21.1. The number of aryl methyl sites for hydroxylation is 1. The van der Waals surface area contributed by atoms with E-state index < -0.39 is 0 Å². The molecule has 0 saturated carbocycles. The average molecular weight is 492 g/mol. The number of piperazine rings is 1. The maximum Gasteiger partial charge on any atom is 0.224 e. The van der Waals surface area contributed by atoms with Crippen LogP contribution < -0.4 is 9.64 Å². The van der Waals surface area contributed by atoms with Crippen molar-refractivity contribution in [2.45, 2.75) is 13.0 Å². The minimum absolute atomic E-state index is 0.124. The zero-order valence-electron chi connectivity index (χ0n) is 19.6. The highest BCUT2D eigenvalue weighted by atomic mass is 35.5. The number of hydrogen-bond acceptors (Lipinski definition) is 3. The number of carbonyl (C=O) groups is 1. The number of nitrogens with zero attached hydrogens (tertiary/aromatic N) is 3. The molecule has 3 aromatic carbocycles. The Labute approximate surface area is 209 Å². The number of ether oxygens (including phenoxy) is 1. The fourth-order valence-electron chi connectivity index (χ4n) is 4.78. The van der Waals surface area contributed by atoms with E-state index in [1.54, 1.807) is 19.2 Å². The van der Waals surface area contributed by atoms with Crippen LogP contribution in [0.3, 0.4) is 0 Å². The van der Waals surface area contributed by atoms with E-state index >= 15 is 0 Å². The van der Waals surface area contributed by atoms with Crippen LogP contribution in [0.5, 0.6) is 5.75 Å². The largest absolute Gasteiger partial charge is 0.495 e. The molecule has 1 aliphatic rings. The standard InChI is InChI=1S/C28H27ClFN3O2/c1-35-27-5-3-2-4-24(27)31-14-16-32(17-15-31)28(34)12-13-33-25(20-7-10-23(30)11-8-20)18-21-6-9-22(29)19-26(21)33/h2-11,18-19H,12-17H2,1H3. The highest BCUT2D eigenvalue weighted by molar-refractivity contribution is 6.31. The highest BCUT2D eigenvalue weighted by Crippen LogP contribution is 2.31. The van der Waals surface area contributed by atoms with Gasteiger partial charge >= 0.3 is 0 Å². The van der Waals surface area contributed by atoms with E-state index in [9.17, 15) is 9.18 Å². The second-order valence-electron chi connectivity index (χ2n) is 8.68. The van der Waals surface area contributed by atoms with E-state index in [1.807, 2.05) is 41.3 Å². The van der Waals surface area contributed by atoms with Gasteiger partial charge in [-0.2, -0.15) is 0 Å². The van der Waals surface area contributed by atoms with E-state index in [0.717, 1.165) is 46.7 Å². The summed E-state index contributed by atoms with van der Waals surface area (Å²) in [6, 6.07) is 22.2. The number of hydrogen-bond donors (Lipinski definition) is 0. The second kappa shape index (κ2) is 10.0. The van der Waals surface area contributed by atoms with Crippen LogP contribution in [0.15, 0.2) is 72.8 Å². The lowest BCUT2D eigenvalue weighted by Gasteiger charge is -2.36. The number of aromatic nitrogens is 1. The van der Waals surface area contributed by atoms with Crippen LogP contribution in [0.25, 0.3) is 22.2 Å².